The Morgan fingerprint density at radius 1 is 1.24 bits per heavy atom. The van der Waals surface area contributed by atoms with E-state index in [1.54, 1.807) is 6.07 Å². The molecule has 3 heteroatoms. The predicted molar refractivity (Wildman–Crippen MR) is 75.1 cm³/mol. The molecule has 1 aromatic rings. The molecule has 0 aliphatic rings. The number of rotatable bonds is 8. The molecule has 1 N–H and O–H groups in total. The molecule has 1 rings (SSSR count). The van der Waals surface area contributed by atoms with Crippen molar-refractivity contribution in [2.24, 2.45) is 0 Å². The van der Waals surface area contributed by atoms with Crippen LogP contribution in [0.2, 0.25) is 0 Å². The molecule has 0 saturated heterocycles. The Morgan fingerprint density at radius 3 is 2.71 bits per heavy atom. The average molecular weight is 255 g/mol. The molecule has 0 aliphatic heterocycles. The fraction of sp³-hybridized carbons (Fsp3) is 0.571. The van der Waals surface area contributed by atoms with Gasteiger partial charge in [-0.2, -0.15) is 11.8 Å². The molecule has 0 spiro atoms. The molecular formula is C14H22FNS. The van der Waals surface area contributed by atoms with Gasteiger partial charge in [-0.25, -0.2) is 4.39 Å². The molecule has 0 saturated carbocycles. The monoisotopic (exact) mass is 255 g/mol. The fourth-order valence-corrected chi connectivity index (χ4v) is 2.30. The normalized spacial score (nSPS) is 12.6. The summed E-state index contributed by atoms with van der Waals surface area (Å²) in [6, 6.07) is 7.08. The summed E-state index contributed by atoms with van der Waals surface area (Å²) >= 11 is 1.89. The Kier molecular flexibility index (Phi) is 7.29. The van der Waals surface area contributed by atoms with Crippen molar-refractivity contribution in [2.45, 2.75) is 32.2 Å². The third-order valence-electron chi connectivity index (χ3n) is 2.85. The van der Waals surface area contributed by atoms with E-state index < -0.39 is 0 Å². The van der Waals surface area contributed by atoms with Gasteiger partial charge in [0.05, 0.1) is 0 Å². The Morgan fingerprint density at radius 2 is 2.00 bits per heavy atom. The zero-order valence-corrected chi connectivity index (χ0v) is 11.5. The Labute approximate surface area is 108 Å². The van der Waals surface area contributed by atoms with Gasteiger partial charge < -0.3 is 5.32 Å². The molecule has 1 atom stereocenters. The number of unbranched alkanes of at least 4 members (excludes halogenated alkanes) is 2. The standard InChI is InChI=1S/C14H22FNS/c1-12(13-8-4-5-9-14(13)15)16-10-6-3-7-11-17-2/h4-5,8-9,12,16H,3,6-7,10-11H2,1-2H3. The smallest absolute Gasteiger partial charge is 0.127 e. The van der Waals surface area contributed by atoms with Gasteiger partial charge in [0, 0.05) is 11.6 Å². The minimum Gasteiger partial charge on any atom is -0.310 e. The first-order chi connectivity index (χ1) is 8.25. The van der Waals surface area contributed by atoms with E-state index in [9.17, 15) is 4.39 Å². The SMILES string of the molecule is CSCCCCCNC(C)c1ccccc1F. The lowest BCUT2D eigenvalue weighted by atomic mass is 10.1. The van der Waals surface area contributed by atoms with Crippen molar-refractivity contribution in [1.29, 1.82) is 0 Å². The highest BCUT2D eigenvalue weighted by molar-refractivity contribution is 7.98. The van der Waals surface area contributed by atoms with Crippen molar-refractivity contribution in [1.82, 2.24) is 5.32 Å². The van der Waals surface area contributed by atoms with Crippen molar-refractivity contribution in [3.8, 4) is 0 Å². The number of nitrogens with one attached hydrogen (secondary N) is 1. The van der Waals surface area contributed by atoms with Gasteiger partial charge in [0.1, 0.15) is 5.82 Å². The summed E-state index contributed by atoms with van der Waals surface area (Å²) in [7, 11) is 0. The maximum absolute atomic E-state index is 13.5. The van der Waals surface area contributed by atoms with Crippen LogP contribution in [0.4, 0.5) is 4.39 Å². The average Bonchev–Trinajstić information content (AvgIpc) is 2.34. The molecule has 0 fully saturated rings. The van der Waals surface area contributed by atoms with Crippen molar-refractivity contribution in [3.05, 3.63) is 35.6 Å². The zero-order valence-electron chi connectivity index (χ0n) is 10.7. The lowest BCUT2D eigenvalue weighted by molar-refractivity contribution is 0.514. The van der Waals surface area contributed by atoms with Crippen molar-refractivity contribution >= 4 is 11.8 Å². The molecule has 1 unspecified atom stereocenters. The summed E-state index contributed by atoms with van der Waals surface area (Å²) in [6.45, 7) is 2.98. The molecule has 0 radical (unpaired) electrons. The first-order valence-corrected chi connectivity index (χ1v) is 7.62. The lowest BCUT2D eigenvalue weighted by Crippen LogP contribution is -2.20. The van der Waals surface area contributed by atoms with Gasteiger partial charge in [0.2, 0.25) is 0 Å². The first-order valence-electron chi connectivity index (χ1n) is 6.22. The summed E-state index contributed by atoms with van der Waals surface area (Å²) in [5.74, 6) is 1.12. The van der Waals surface area contributed by atoms with Crippen molar-refractivity contribution in [3.63, 3.8) is 0 Å². The molecule has 96 valence electrons. The maximum Gasteiger partial charge on any atom is 0.127 e. The van der Waals surface area contributed by atoms with Crippen molar-refractivity contribution < 1.29 is 4.39 Å². The highest BCUT2D eigenvalue weighted by Gasteiger charge is 2.08. The molecule has 1 nitrogen and oxygen atoms in total. The van der Waals surface area contributed by atoms with Crippen LogP contribution in [-0.2, 0) is 0 Å². The van der Waals surface area contributed by atoms with Crippen LogP contribution in [0.25, 0.3) is 0 Å². The fourth-order valence-electron chi connectivity index (χ4n) is 1.80. The van der Waals surface area contributed by atoms with Gasteiger partial charge in [0.25, 0.3) is 0 Å². The second-order valence-corrected chi connectivity index (χ2v) is 5.24. The topological polar surface area (TPSA) is 12.0 Å². The molecule has 0 aliphatic carbocycles. The highest BCUT2D eigenvalue weighted by atomic mass is 32.2. The van der Waals surface area contributed by atoms with Crippen LogP contribution in [0.3, 0.4) is 0 Å². The largest absolute Gasteiger partial charge is 0.310 e. The quantitative estimate of drug-likeness (QED) is 0.704. The number of thioether (sulfide) groups is 1. The van der Waals surface area contributed by atoms with Gasteiger partial charge in [-0.3, -0.25) is 0 Å². The van der Waals surface area contributed by atoms with E-state index in [0.29, 0.717) is 0 Å². The highest BCUT2D eigenvalue weighted by Crippen LogP contribution is 2.15. The zero-order chi connectivity index (χ0) is 12.5. The summed E-state index contributed by atoms with van der Waals surface area (Å²) in [4.78, 5) is 0. The van der Waals surface area contributed by atoms with Crippen LogP contribution in [0.1, 0.15) is 37.8 Å². The summed E-state index contributed by atoms with van der Waals surface area (Å²) < 4.78 is 13.5. The van der Waals surface area contributed by atoms with Crippen LogP contribution >= 0.6 is 11.8 Å². The van der Waals surface area contributed by atoms with Crippen LogP contribution in [0.5, 0.6) is 0 Å². The first kappa shape index (κ1) is 14.5. The van der Waals surface area contributed by atoms with E-state index in [2.05, 4.69) is 11.6 Å². The van der Waals surface area contributed by atoms with Crippen LogP contribution in [0, 0.1) is 5.82 Å². The van der Waals surface area contributed by atoms with E-state index >= 15 is 0 Å². The Hall–Kier alpha value is -0.540. The predicted octanol–water partition coefficient (Wildman–Crippen LogP) is 4.01. The third kappa shape index (κ3) is 5.55. The maximum atomic E-state index is 13.5. The van der Waals surface area contributed by atoms with E-state index in [1.165, 1.54) is 31.1 Å². The van der Waals surface area contributed by atoms with Crippen LogP contribution in [0.15, 0.2) is 24.3 Å². The molecular weight excluding hydrogens is 233 g/mol. The minimum atomic E-state index is -0.116. The molecule has 17 heavy (non-hydrogen) atoms. The molecule has 0 aromatic heterocycles. The summed E-state index contributed by atoms with van der Waals surface area (Å²) in [5, 5.41) is 3.37. The number of hydrogen-bond acceptors (Lipinski definition) is 2. The van der Waals surface area contributed by atoms with Gasteiger partial charge >= 0.3 is 0 Å². The Balaban J connectivity index is 2.21. The third-order valence-corrected chi connectivity index (χ3v) is 3.54. The van der Waals surface area contributed by atoms with E-state index in [4.69, 9.17) is 0 Å². The lowest BCUT2D eigenvalue weighted by Gasteiger charge is -2.14. The van der Waals surface area contributed by atoms with E-state index in [-0.39, 0.29) is 11.9 Å². The summed E-state index contributed by atoms with van der Waals surface area (Å²) in [6.07, 6.45) is 5.83. The molecule has 0 amide bonds. The van der Waals surface area contributed by atoms with Gasteiger partial charge in [-0.15, -0.1) is 0 Å². The second-order valence-electron chi connectivity index (χ2n) is 4.25. The van der Waals surface area contributed by atoms with Gasteiger partial charge in [-0.05, 0) is 44.4 Å². The van der Waals surface area contributed by atoms with Gasteiger partial charge in [0.15, 0.2) is 0 Å². The van der Waals surface area contributed by atoms with E-state index in [1.807, 2.05) is 30.8 Å². The van der Waals surface area contributed by atoms with Crippen LogP contribution in [-0.4, -0.2) is 18.6 Å². The van der Waals surface area contributed by atoms with Crippen molar-refractivity contribution in [2.75, 3.05) is 18.6 Å². The Bertz CT molecular complexity index is 317. The van der Waals surface area contributed by atoms with Gasteiger partial charge in [-0.1, -0.05) is 24.6 Å². The number of halogens is 1. The molecule has 0 heterocycles. The second kappa shape index (κ2) is 8.54. The van der Waals surface area contributed by atoms with Crippen LogP contribution < -0.4 is 5.32 Å². The molecule has 1 aromatic carbocycles. The molecule has 0 bridgehead atoms. The summed E-state index contributed by atoms with van der Waals surface area (Å²) in [5.41, 5.74) is 0.761. The minimum absolute atomic E-state index is 0.0942. The number of hydrogen-bond donors (Lipinski definition) is 1. The number of benzene rings is 1. The van der Waals surface area contributed by atoms with E-state index in [0.717, 1.165) is 12.1 Å².